The van der Waals surface area contributed by atoms with Crippen LogP contribution < -0.4 is 0 Å². The van der Waals surface area contributed by atoms with Crippen LogP contribution in [-0.2, 0) is 16.1 Å². The Hall–Kier alpha value is -2.45. The minimum atomic E-state index is -0.506. The molecule has 1 aliphatic carbocycles. The molecule has 142 valence electrons. The largest absolute Gasteiger partial charge is 0.339 e. The van der Waals surface area contributed by atoms with Crippen LogP contribution in [0.2, 0.25) is 0 Å². The summed E-state index contributed by atoms with van der Waals surface area (Å²) in [6.07, 6.45) is 8.25. The van der Waals surface area contributed by atoms with Crippen LogP contribution in [0.3, 0.4) is 0 Å². The standard InChI is InChI=1S/C17H25N5O4/c23-16(6-7-21-13-15(12-18-21)22(25)26)19-8-10-20(11-9-19)17(24)14-4-2-1-3-5-14/h12-14H,1-11H2. The minimum absolute atomic E-state index is 0.00656. The SMILES string of the molecule is O=C(CCn1cc([N+](=O)[O-])cn1)N1CCN(C(=O)C2CCCCC2)CC1. The van der Waals surface area contributed by atoms with Crippen molar-refractivity contribution in [1.29, 1.82) is 0 Å². The molecule has 0 atom stereocenters. The molecule has 1 aromatic heterocycles. The molecule has 9 nitrogen and oxygen atoms in total. The number of hydrogen-bond donors (Lipinski definition) is 0. The Balaban J connectivity index is 1.42. The Bertz CT molecular complexity index is 660. The van der Waals surface area contributed by atoms with Gasteiger partial charge in [-0.15, -0.1) is 0 Å². The number of nitrogens with zero attached hydrogens (tertiary/aromatic N) is 5. The first-order chi connectivity index (χ1) is 12.5. The molecule has 0 spiro atoms. The van der Waals surface area contributed by atoms with E-state index >= 15 is 0 Å². The lowest BCUT2D eigenvalue weighted by Gasteiger charge is -2.37. The monoisotopic (exact) mass is 363 g/mol. The summed E-state index contributed by atoms with van der Waals surface area (Å²) in [7, 11) is 0. The van der Waals surface area contributed by atoms with Crippen molar-refractivity contribution in [3.63, 3.8) is 0 Å². The van der Waals surface area contributed by atoms with Crippen LogP contribution in [0.15, 0.2) is 12.4 Å². The van der Waals surface area contributed by atoms with Gasteiger partial charge in [-0.05, 0) is 12.8 Å². The van der Waals surface area contributed by atoms with Crippen molar-refractivity contribution in [2.24, 2.45) is 5.92 Å². The number of amides is 2. The molecule has 0 aromatic carbocycles. The molecule has 1 saturated heterocycles. The van der Waals surface area contributed by atoms with E-state index < -0.39 is 4.92 Å². The van der Waals surface area contributed by atoms with Crippen molar-refractivity contribution in [3.8, 4) is 0 Å². The number of hydrogen-bond acceptors (Lipinski definition) is 5. The van der Waals surface area contributed by atoms with Gasteiger partial charge in [0.2, 0.25) is 11.8 Å². The number of rotatable bonds is 5. The Labute approximate surface area is 152 Å². The van der Waals surface area contributed by atoms with Crippen molar-refractivity contribution >= 4 is 17.5 Å². The molecule has 3 rings (SSSR count). The van der Waals surface area contributed by atoms with E-state index in [4.69, 9.17) is 0 Å². The predicted octanol–water partition coefficient (Wildman–Crippen LogP) is 1.43. The van der Waals surface area contributed by atoms with Gasteiger partial charge < -0.3 is 9.80 Å². The summed E-state index contributed by atoms with van der Waals surface area (Å²) < 4.78 is 1.42. The summed E-state index contributed by atoms with van der Waals surface area (Å²) in [6, 6.07) is 0. The number of carbonyl (C=O) groups excluding carboxylic acids is 2. The summed E-state index contributed by atoms with van der Waals surface area (Å²) in [4.78, 5) is 38.7. The first-order valence-corrected chi connectivity index (χ1v) is 9.28. The van der Waals surface area contributed by atoms with Crippen LogP contribution in [0.25, 0.3) is 0 Å². The van der Waals surface area contributed by atoms with Crippen LogP contribution in [0, 0.1) is 16.0 Å². The molecule has 2 aliphatic rings. The molecule has 2 heterocycles. The lowest BCUT2D eigenvalue weighted by molar-refractivity contribution is -0.385. The zero-order valence-electron chi connectivity index (χ0n) is 14.9. The summed E-state index contributed by atoms with van der Waals surface area (Å²) >= 11 is 0. The second-order valence-electron chi connectivity index (χ2n) is 7.01. The van der Waals surface area contributed by atoms with E-state index in [9.17, 15) is 19.7 Å². The molecule has 0 bridgehead atoms. The van der Waals surface area contributed by atoms with Gasteiger partial charge >= 0.3 is 5.69 Å². The van der Waals surface area contributed by atoms with Gasteiger partial charge in [0.05, 0.1) is 4.92 Å². The molecule has 1 aromatic rings. The maximum atomic E-state index is 12.6. The highest BCUT2D eigenvalue weighted by molar-refractivity contribution is 5.80. The van der Waals surface area contributed by atoms with E-state index in [-0.39, 0.29) is 29.8 Å². The summed E-state index contributed by atoms with van der Waals surface area (Å²) in [5, 5.41) is 14.5. The van der Waals surface area contributed by atoms with Gasteiger partial charge in [-0.25, -0.2) is 0 Å². The number of aromatic nitrogens is 2. The summed E-state index contributed by atoms with van der Waals surface area (Å²) in [5.41, 5.74) is -0.0766. The highest BCUT2D eigenvalue weighted by Gasteiger charge is 2.29. The molecule has 2 amide bonds. The normalized spacial score (nSPS) is 18.8. The minimum Gasteiger partial charge on any atom is -0.339 e. The Morgan fingerprint density at radius 1 is 1.12 bits per heavy atom. The van der Waals surface area contributed by atoms with E-state index in [0.29, 0.717) is 32.7 Å². The molecular formula is C17H25N5O4. The van der Waals surface area contributed by atoms with Crippen LogP contribution in [0.1, 0.15) is 38.5 Å². The molecule has 1 saturated carbocycles. The number of aryl methyl sites for hydroxylation is 1. The Morgan fingerprint density at radius 2 is 1.77 bits per heavy atom. The van der Waals surface area contributed by atoms with Crippen molar-refractivity contribution in [2.45, 2.75) is 45.1 Å². The fourth-order valence-electron chi connectivity index (χ4n) is 3.72. The molecular weight excluding hydrogens is 338 g/mol. The Morgan fingerprint density at radius 3 is 2.38 bits per heavy atom. The third kappa shape index (κ3) is 4.39. The van der Waals surface area contributed by atoms with E-state index in [1.807, 2.05) is 4.90 Å². The van der Waals surface area contributed by atoms with Crippen molar-refractivity contribution in [3.05, 3.63) is 22.5 Å². The fourth-order valence-corrected chi connectivity index (χ4v) is 3.72. The van der Waals surface area contributed by atoms with Gasteiger partial charge in [0, 0.05) is 45.1 Å². The second kappa shape index (κ2) is 8.29. The maximum Gasteiger partial charge on any atom is 0.306 e. The van der Waals surface area contributed by atoms with Crippen LogP contribution in [0.4, 0.5) is 5.69 Å². The smallest absolute Gasteiger partial charge is 0.306 e. The third-order valence-electron chi connectivity index (χ3n) is 5.28. The molecule has 9 heteroatoms. The van der Waals surface area contributed by atoms with Gasteiger partial charge in [-0.2, -0.15) is 5.10 Å². The molecule has 26 heavy (non-hydrogen) atoms. The summed E-state index contributed by atoms with van der Waals surface area (Å²) in [5.74, 6) is 0.412. The molecule has 0 N–H and O–H groups in total. The number of piperazine rings is 1. The van der Waals surface area contributed by atoms with Gasteiger partial charge in [0.1, 0.15) is 12.4 Å². The third-order valence-corrected chi connectivity index (χ3v) is 5.28. The van der Waals surface area contributed by atoms with Crippen molar-refractivity contribution < 1.29 is 14.5 Å². The highest BCUT2D eigenvalue weighted by atomic mass is 16.6. The quantitative estimate of drug-likeness (QED) is 0.582. The number of carbonyl (C=O) groups is 2. The van der Waals surface area contributed by atoms with Crippen molar-refractivity contribution in [2.75, 3.05) is 26.2 Å². The van der Waals surface area contributed by atoms with Gasteiger partial charge in [-0.3, -0.25) is 24.4 Å². The zero-order valence-corrected chi connectivity index (χ0v) is 14.9. The molecule has 1 aliphatic heterocycles. The molecule has 0 unspecified atom stereocenters. The van der Waals surface area contributed by atoms with Crippen molar-refractivity contribution in [1.82, 2.24) is 19.6 Å². The van der Waals surface area contributed by atoms with Crippen LogP contribution >= 0.6 is 0 Å². The van der Waals surface area contributed by atoms with Crippen LogP contribution in [-0.4, -0.2) is 62.5 Å². The second-order valence-corrected chi connectivity index (χ2v) is 7.01. The van der Waals surface area contributed by atoms with Gasteiger partial charge in [0.15, 0.2) is 0 Å². The fraction of sp³-hybridized carbons (Fsp3) is 0.706. The highest BCUT2D eigenvalue weighted by Crippen LogP contribution is 2.25. The van der Waals surface area contributed by atoms with Gasteiger partial charge in [0.25, 0.3) is 0 Å². The zero-order chi connectivity index (χ0) is 18.5. The van der Waals surface area contributed by atoms with Gasteiger partial charge in [-0.1, -0.05) is 19.3 Å². The van der Waals surface area contributed by atoms with E-state index in [0.717, 1.165) is 25.7 Å². The summed E-state index contributed by atoms with van der Waals surface area (Å²) in [6.45, 7) is 2.60. The first kappa shape index (κ1) is 18.3. The topological polar surface area (TPSA) is 102 Å². The van der Waals surface area contributed by atoms with Crippen LogP contribution in [0.5, 0.6) is 0 Å². The predicted molar refractivity (Wildman–Crippen MR) is 93.2 cm³/mol. The maximum absolute atomic E-state index is 12.6. The number of nitro groups is 1. The molecule has 0 radical (unpaired) electrons. The average Bonchev–Trinajstić information content (AvgIpc) is 3.16. The average molecular weight is 363 g/mol. The van der Waals surface area contributed by atoms with E-state index in [2.05, 4.69) is 5.10 Å². The lowest BCUT2D eigenvalue weighted by atomic mass is 9.88. The van der Waals surface area contributed by atoms with E-state index in [1.165, 1.54) is 23.5 Å². The molecule has 2 fully saturated rings. The first-order valence-electron chi connectivity index (χ1n) is 9.28. The Kier molecular flexibility index (Phi) is 5.85. The van der Waals surface area contributed by atoms with E-state index in [1.54, 1.807) is 4.90 Å². The lowest BCUT2D eigenvalue weighted by Crippen LogP contribution is -2.52.